The lowest BCUT2D eigenvalue weighted by atomic mass is 10.0. The molecule has 85 valence electrons. The molecule has 2 bridgehead atoms. The summed E-state index contributed by atoms with van der Waals surface area (Å²) in [5, 5.41) is 0.596. The molecule has 0 aliphatic heterocycles. The highest BCUT2D eigenvalue weighted by atomic mass is 28.3. The summed E-state index contributed by atoms with van der Waals surface area (Å²) in [6.07, 6.45) is 8.25. The second kappa shape index (κ2) is 4.42. The van der Waals surface area contributed by atoms with Crippen LogP contribution in [-0.2, 0) is 4.74 Å². The third-order valence-corrected chi connectivity index (χ3v) is 7.93. The van der Waals surface area contributed by atoms with E-state index in [9.17, 15) is 0 Å². The van der Waals surface area contributed by atoms with E-state index in [4.69, 9.17) is 4.74 Å². The molecule has 2 aliphatic rings. The van der Waals surface area contributed by atoms with E-state index in [2.05, 4.69) is 32.9 Å². The van der Waals surface area contributed by atoms with Gasteiger partial charge in [0, 0.05) is 12.5 Å². The fourth-order valence-electron chi connectivity index (χ4n) is 3.54. The maximum absolute atomic E-state index is 5.87. The number of hydrogen-bond donors (Lipinski definition) is 0. The van der Waals surface area contributed by atoms with Gasteiger partial charge in [-0.15, -0.1) is 0 Å². The van der Waals surface area contributed by atoms with Crippen LogP contribution in [0.15, 0.2) is 12.2 Å². The van der Waals surface area contributed by atoms with Crippen LogP contribution < -0.4 is 0 Å². The first-order valence-corrected chi connectivity index (χ1v) is 8.33. The second-order valence-corrected chi connectivity index (χ2v) is 8.51. The summed E-state index contributed by atoms with van der Waals surface area (Å²) in [5.41, 5.74) is 0. The molecule has 0 saturated heterocycles. The molecule has 2 aliphatic carbocycles. The third kappa shape index (κ3) is 1.82. The van der Waals surface area contributed by atoms with Crippen molar-refractivity contribution in [2.24, 2.45) is 5.92 Å². The average molecular weight is 223 g/mol. The molecule has 0 spiro atoms. The summed E-state index contributed by atoms with van der Waals surface area (Å²) in [6, 6.07) is 2.83. The minimum atomic E-state index is -0.187. The average Bonchev–Trinajstić information content (AvgIpc) is 2.78. The zero-order valence-electron chi connectivity index (χ0n) is 10.3. The lowest BCUT2D eigenvalue weighted by Crippen LogP contribution is -2.29. The maximum Gasteiger partial charge on any atom is 0.0643 e. The van der Waals surface area contributed by atoms with Crippen LogP contribution in [0.25, 0.3) is 0 Å². The zero-order chi connectivity index (χ0) is 10.9. The molecule has 2 rings (SSSR count). The fraction of sp³-hybridized carbons (Fsp3) is 0.846. The third-order valence-electron chi connectivity index (χ3n) is 4.24. The Morgan fingerprint density at radius 3 is 2.60 bits per heavy atom. The minimum absolute atomic E-state index is 0.187. The summed E-state index contributed by atoms with van der Waals surface area (Å²) < 4.78 is 5.87. The standard InChI is InChI=1S/C13H23OSi/c1-4-14-12-10-13(15(5-2)6-3)8-7-11(12)9-13/h7-8,11-12H,4-6,9-10H2,1-3H3. The lowest BCUT2D eigenvalue weighted by molar-refractivity contribution is 0.0459. The number of fused-ring (bicyclic) bond motifs is 2. The highest BCUT2D eigenvalue weighted by Gasteiger charge is 2.50. The number of allylic oxidation sites excluding steroid dienone is 1. The first kappa shape index (κ1) is 11.4. The van der Waals surface area contributed by atoms with Crippen molar-refractivity contribution in [2.75, 3.05) is 6.61 Å². The van der Waals surface area contributed by atoms with Gasteiger partial charge in [0.05, 0.1) is 14.9 Å². The molecule has 0 N–H and O–H groups in total. The Bertz CT molecular complexity index is 247. The molecule has 0 aromatic rings. The van der Waals surface area contributed by atoms with Gasteiger partial charge in [-0.25, -0.2) is 0 Å². The Hall–Kier alpha value is -0.0831. The molecular formula is C13H23OSi. The Labute approximate surface area is 95.5 Å². The highest BCUT2D eigenvalue weighted by molar-refractivity contribution is 6.63. The van der Waals surface area contributed by atoms with Crippen molar-refractivity contribution in [3.05, 3.63) is 12.2 Å². The van der Waals surface area contributed by atoms with Crippen molar-refractivity contribution in [1.29, 1.82) is 0 Å². The SMILES string of the molecule is CCOC1CC2([Si](CC)CC)C=CC1C2. The van der Waals surface area contributed by atoms with Gasteiger partial charge in [0.15, 0.2) is 0 Å². The second-order valence-electron chi connectivity index (χ2n) is 4.89. The van der Waals surface area contributed by atoms with Gasteiger partial charge >= 0.3 is 0 Å². The Morgan fingerprint density at radius 1 is 1.27 bits per heavy atom. The van der Waals surface area contributed by atoms with E-state index in [1.54, 1.807) is 0 Å². The maximum atomic E-state index is 5.87. The topological polar surface area (TPSA) is 9.23 Å². The van der Waals surface area contributed by atoms with Gasteiger partial charge in [0.25, 0.3) is 0 Å². The van der Waals surface area contributed by atoms with E-state index in [-0.39, 0.29) is 8.80 Å². The van der Waals surface area contributed by atoms with E-state index >= 15 is 0 Å². The van der Waals surface area contributed by atoms with Crippen LogP contribution in [0.4, 0.5) is 0 Å². The van der Waals surface area contributed by atoms with E-state index in [0.29, 0.717) is 11.1 Å². The molecule has 3 unspecified atom stereocenters. The van der Waals surface area contributed by atoms with Crippen LogP contribution in [0.1, 0.15) is 33.6 Å². The van der Waals surface area contributed by atoms with Crippen LogP contribution in [0.2, 0.25) is 17.1 Å². The molecular weight excluding hydrogens is 200 g/mol. The van der Waals surface area contributed by atoms with Crippen molar-refractivity contribution < 1.29 is 4.74 Å². The summed E-state index contributed by atoms with van der Waals surface area (Å²) in [4.78, 5) is 0. The first-order chi connectivity index (χ1) is 7.25. The molecule has 3 atom stereocenters. The van der Waals surface area contributed by atoms with Crippen LogP contribution >= 0.6 is 0 Å². The molecule has 0 amide bonds. The van der Waals surface area contributed by atoms with Gasteiger partial charge in [-0.1, -0.05) is 38.1 Å². The minimum Gasteiger partial charge on any atom is -0.378 e. The molecule has 0 aromatic carbocycles. The predicted octanol–water partition coefficient (Wildman–Crippen LogP) is 3.65. The summed E-state index contributed by atoms with van der Waals surface area (Å²) >= 11 is 0. The van der Waals surface area contributed by atoms with Crippen molar-refractivity contribution in [1.82, 2.24) is 0 Å². The summed E-state index contributed by atoms with van der Waals surface area (Å²) in [6.45, 7) is 7.75. The van der Waals surface area contributed by atoms with Gasteiger partial charge in [-0.2, -0.15) is 0 Å². The van der Waals surface area contributed by atoms with Crippen molar-refractivity contribution in [3.63, 3.8) is 0 Å². The van der Waals surface area contributed by atoms with Crippen LogP contribution in [0.5, 0.6) is 0 Å². The lowest BCUT2D eigenvalue weighted by Gasteiger charge is -2.32. The monoisotopic (exact) mass is 223 g/mol. The zero-order valence-corrected chi connectivity index (χ0v) is 11.3. The van der Waals surface area contributed by atoms with E-state index in [1.807, 2.05) is 0 Å². The van der Waals surface area contributed by atoms with E-state index in [0.717, 1.165) is 12.5 Å². The number of ether oxygens (including phenoxy) is 1. The molecule has 15 heavy (non-hydrogen) atoms. The van der Waals surface area contributed by atoms with Crippen LogP contribution in [0, 0.1) is 5.92 Å². The normalized spacial score (nSPS) is 38.1. The van der Waals surface area contributed by atoms with Crippen molar-refractivity contribution in [2.45, 2.75) is 56.8 Å². The molecule has 1 nitrogen and oxygen atoms in total. The Balaban J connectivity index is 2.09. The van der Waals surface area contributed by atoms with Gasteiger partial charge in [0.2, 0.25) is 0 Å². The van der Waals surface area contributed by atoms with E-state index in [1.165, 1.54) is 24.9 Å². The van der Waals surface area contributed by atoms with Gasteiger partial charge in [-0.05, 0) is 24.8 Å². The smallest absolute Gasteiger partial charge is 0.0643 e. The number of hydrogen-bond acceptors (Lipinski definition) is 1. The molecule has 1 saturated carbocycles. The van der Waals surface area contributed by atoms with Crippen molar-refractivity contribution in [3.8, 4) is 0 Å². The van der Waals surface area contributed by atoms with Gasteiger partial charge in [0.1, 0.15) is 0 Å². The quantitative estimate of drug-likeness (QED) is 0.511. The van der Waals surface area contributed by atoms with E-state index < -0.39 is 0 Å². The predicted molar refractivity (Wildman–Crippen MR) is 66.7 cm³/mol. The largest absolute Gasteiger partial charge is 0.378 e. The van der Waals surface area contributed by atoms with Crippen LogP contribution in [0.3, 0.4) is 0 Å². The molecule has 0 heterocycles. The van der Waals surface area contributed by atoms with Crippen molar-refractivity contribution >= 4 is 8.80 Å². The molecule has 0 aromatic heterocycles. The Morgan fingerprint density at radius 2 is 2.00 bits per heavy atom. The Kier molecular flexibility index (Phi) is 3.36. The summed E-state index contributed by atoms with van der Waals surface area (Å²) in [7, 11) is -0.187. The molecule has 1 fully saturated rings. The molecule has 2 heteroatoms. The van der Waals surface area contributed by atoms with Crippen LogP contribution in [-0.4, -0.2) is 21.5 Å². The van der Waals surface area contributed by atoms with Gasteiger partial charge in [-0.3, -0.25) is 0 Å². The first-order valence-electron chi connectivity index (χ1n) is 6.42. The molecule has 1 radical (unpaired) electrons. The summed E-state index contributed by atoms with van der Waals surface area (Å²) in [5.74, 6) is 0.739. The fourth-order valence-corrected chi connectivity index (χ4v) is 6.79. The highest BCUT2D eigenvalue weighted by Crippen LogP contribution is 2.58. The van der Waals surface area contributed by atoms with Gasteiger partial charge < -0.3 is 4.74 Å². The number of rotatable bonds is 5.